The predicted molar refractivity (Wildman–Crippen MR) is 155 cm³/mol. The lowest BCUT2D eigenvalue weighted by Crippen LogP contribution is -2.32. The highest BCUT2D eigenvalue weighted by Gasteiger charge is 2.44. The van der Waals surface area contributed by atoms with E-state index in [0.29, 0.717) is 11.3 Å². The molecule has 0 radical (unpaired) electrons. The number of hydrazone groups is 1. The van der Waals surface area contributed by atoms with Crippen LogP contribution in [0.4, 0.5) is 5.69 Å². The summed E-state index contributed by atoms with van der Waals surface area (Å²) in [6.07, 6.45) is 6.13. The van der Waals surface area contributed by atoms with E-state index in [0.717, 1.165) is 47.4 Å². The quantitative estimate of drug-likeness (QED) is 0.147. The van der Waals surface area contributed by atoms with Gasteiger partial charge in [-0.2, -0.15) is 10.4 Å². The molecule has 0 aromatic heterocycles. The number of nitro benzene ring substituents is 1. The maximum atomic E-state index is 13.9. The summed E-state index contributed by atoms with van der Waals surface area (Å²) in [5.41, 5.74) is 4.11. The van der Waals surface area contributed by atoms with Gasteiger partial charge in [-0.25, -0.2) is 5.01 Å². The Morgan fingerprint density at radius 1 is 1.00 bits per heavy atom. The van der Waals surface area contributed by atoms with Gasteiger partial charge >= 0.3 is 0 Å². The van der Waals surface area contributed by atoms with Crippen molar-refractivity contribution < 1.29 is 19.2 Å². The third kappa shape index (κ3) is 5.72. The first-order chi connectivity index (χ1) is 19.9. The van der Waals surface area contributed by atoms with E-state index in [1.54, 1.807) is 14.2 Å². The number of carbonyl (C=O) groups is 1. The normalized spacial score (nSPS) is 19.2. The molecular formula is C32H28N4O5. The van der Waals surface area contributed by atoms with Crippen molar-refractivity contribution in [2.24, 2.45) is 11.0 Å². The topological polar surface area (TPSA) is 118 Å². The minimum absolute atomic E-state index is 0.0510. The number of rotatable bonds is 7. The molecule has 41 heavy (non-hydrogen) atoms. The molecule has 1 saturated carbocycles. The molecule has 9 nitrogen and oxygen atoms in total. The second-order valence-corrected chi connectivity index (χ2v) is 9.81. The number of fused-ring (bicyclic) bond motifs is 1. The van der Waals surface area contributed by atoms with Crippen LogP contribution in [0.25, 0.3) is 12.2 Å². The Morgan fingerprint density at radius 3 is 2.20 bits per heavy atom. The second kappa shape index (κ2) is 11.9. The van der Waals surface area contributed by atoms with E-state index < -0.39 is 16.9 Å². The summed E-state index contributed by atoms with van der Waals surface area (Å²) in [5.74, 6) is 0.889. The van der Waals surface area contributed by atoms with Gasteiger partial charge in [0.15, 0.2) is 0 Å². The van der Waals surface area contributed by atoms with Gasteiger partial charge in [0.05, 0.1) is 30.9 Å². The van der Waals surface area contributed by atoms with Crippen LogP contribution in [-0.2, 0) is 4.79 Å². The van der Waals surface area contributed by atoms with Gasteiger partial charge < -0.3 is 9.47 Å². The number of ether oxygens (including phenoxy) is 2. The number of benzene rings is 3. The van der Waals surface area contributed by atoms with Crippen LogP contribution in [0.3, 0.4) is 0 Å². The van der Waals surface area contributed by atoms with Crippen molar-refractivity contribution in [3.63, 3.8) is 0 Å². The molecule has 2 atom stereocenters. The smallest absolute Gasteiger partial charge is 0.285 e. The Kier molecular flexibility index (Phi) is 7.92. The summed E-state index contributed by atoms with van der Waals surface area (Å²) >= 11 is 0. The monoisotopic (exact) mass is 548 g/mol. The van der Waals surface area contributed by atoms with E-state index in [-0.39, 0.29) is 17.2 Å². The number of hydrogen-bond donors (Lipinski definition) is 0. The van der Waals surface area contributed by atoms with E-state index in [9.17, 15) is 20.2 Å². The fourth-order valence-electron chi connectivity index (χ4n) is 5.33. The van der Waals surface area contributed by atoms with Crippen LogP contribution >= 0.6 is 0 Å². The lowest BCUT2D eigenvalue weighted by Gasteiger charge is -2.29. The van der Waals surface area contributed by atoms with Crippen LogP contribution in [-0.4, -0.2) is 35.8 Å². The fourth-order valence-corrected chi connectivity index (χ4v) is 5.33. The van der Waals surface area contributed by atoms with Gasteiger partial charge in [-0.15, -0.1) is 0 Å². The van der Waals surface area contributed by atoms with Gasteiger partial charge in [-0.3, -0.25) is 14.9 Å². The van der Waals surface area contributed by atoms with Crippen LogP contribution in [0.2, 0.25) is 0 Å². The van der Waals surface area contributed by atoms with Gasteiger partial charge in [-0.1, -0.05) is 24.3 Å². The summed E-state index contributed by atoms with van der Waals surface area (Å²) in [7, 11) is 3.23. The average Bonchev–Trinajstić information content (AvgIpc) is 3.41. The van der Waals surface area contributed by atoms with Crippen LogP contribution in [0.1, 0.15) is 42.0 Å². The summed E-state index contributed by atoms with van der Waals surface area (Å²) in [6.45, 7) is 0. The Morgan fingerprint density at radius 2 is 1.61 bits per heavy atom. The molecule has 1 amide bonds. The Balaban J connectivity index is 1.54. The zero-order valence-corrected chi connectivity index (χ0v) is 22.7. The number of methoxy groups -OCH3 is 2. The SMILES string of the molecule is COc1ccc(/C=C2\CCC[C@@H]3C2=NN(C(=O)/C(C#N)=C\c2ccc([N+](=O)[O-])cc2)[C@H]3c2ccc(OC)cc2)cc1. The number of amides is 1. The standard InChI is InChI=1S/C32H28N4O5/c1-40-27-14-8-22(9-15-27)18-24-4-3-5-29-30(24)34-35(31(29)23-10-16-28(41-2)17-11-23)32(37)25(20-33)19-21-6-12-26(13-7-21)36(38)39/h6-19,29,31H,3-5H2,1-2H3/b24-18+,25-19-/t29-,31+/m1/s1. The number of nitro groups is 1. The first-order valence-corrected chi connectivity index (χ1v) is 13.2. The van der Waals surface area contributed by atoms with Crippen LogP contribution in [0, 0.1) is 27.4 Å². The number of nitriles is 1. The molecule has 0 bridgehead atoms. The van der Waals surface area contributed by atoms with E-state index in [1.165, 1.54) is 35.4 Å². The number of non-ortho nitro benzene ring substituents is 1. The lowest BCUT2D eigenvalue weighted by atomic mass is 9.77. The maximum absolute atomic E-state index is 13.9. The lowest BCUT2D eigenvalue weighted by molar-refractivity contribution is -0.384. The molecule has 1 aliphatic heterocycles. The van der Waals surface area contributed by atoms with Gasteiger partial charge in [0.25, 0.3) is 11.6 Å². The van der Waals surface area contributed by atoms with Crippen molar-refractivity contribution >= 4 is 29.5 Å². The Hall–Kier alpha value is -5.23. The van der Waals surface area contributed by atoms with E-state index in [2.05, 4.69) is 6.08 Å². The molecule has 2 aliphatic rings. The highest BCUT2D eigenvalue weighted by atomic mass is 16.6. The minimum atomic E-state index is -0.530. The molecule has 0 spiro atoms. The van der Waals surface area contributed by atoms with Crippen LogP contribution in [0.15, 0.2) is 89.0 Å². The van der Waals surface area contributed by atoms with E-state index >= 15 is 0 Å². The summed E-state index contributed by atoms with van der Waals surface area (Å²) in [5, 5.41) is 27.3. The first kappa shape index (κ1) is 27.3. The van der Waals surface area contributed by atoms with Gasteiger partial charge in [0, 0.05) is 18.1 Å². The molecule has 206 valence electrons. The molecule has 0 unspecified atom stereocenters. The highest BCUT2D eigenvalue weighted by molar-refractivity contribution is 6.10. The van der Waals surface area contributed by atoms with Crippen molar-refractivity contribution in [3.8, 4) is 17.6 Å². The fraction of sp³-hybridized carbons (Fsp3) is 0.219. The summed E-state index contributed by atoms with van der Waals surface area (Å²) < 4.78 is 10.6. The van der Waals surface area contributed by atoms with E-state index in [1.807, 2.05) is 54.6 Å². The van der Waals surface area contributed by atoms with Gasteiger partial charge in [0.2, 0.25) is 0 Å². The number of hydrogen-bond acceptors (Lipinski definition) is 7. The Labute approximate surface area is 237 Å². The third-order valence-electron chi connectivity index (χ3n) is 7.39. The highest BCUT2D eigenvalue weighted by Crippen LogP contribution is 2.45. The van der Waals surface area contributed by atoms with Crippen molar-refractivity contribution in [2.75, 3.05) is 14.2 Å². The molecular weight excluding hydrogens is 520 g/mol. The van der Waals surface area contributed by atoms with E-state index in [4.69, 9.17) is 14.6 Å². The molecule has 3 aromatic rings. The molecule has 3 aromatic carbocycles. The molecule has 5 rings (SSSR count). The molecule has 1 fully saturated rings. The van der Waals surface area contributed by atoms with Crippen molar-refractivity contribution in [1.29, 1.82) is 5.26 Å². The maximum Gasteiger partial charge on any atom is 0.285 e. The second-order valence-electron chi connectivity index (χ2n) is 9.81. The van der Waals surface area contributed by atoms with Crippen molar-refractivity contribution in [2.45, 2.75) is 25.3 Å². The number of carbonyl (C=O) groups excluding carboxylic acids is 1. The average molecular weight is 549 g/mol. The predicted octanol–water partition coefficient (Wildman–Crippen LogP) is 6.34. The molecule has 9 heteroatoms. The minimum Gasteiger partial charge on any atom is -0.497 e. The van der Waals surface area contributed by atoms with Gasteiger partial charge in [-0.05, 0) is 90.1 Å². The zero-order chi connectivity index (χ0) is 28.9. The number of allylic oxidation sites excluding steroid dienone is 1. The molecule has 1 heterocycles. The summed E-state index contributed by atoms with van der Waals surface area (Å²) in [6, 6.07) is 22.6. The molecule has 1 aliphatic carbocycles. The van der Waals surface area contributed by atoms with Crippen LogP contribution in [0.5, 0.6) is 11.5 Å². The van der Waals surface area contributed by atoms with Gasteiger partial charge in [0.1, 0.15) is 23.1 Å². The number of nitrogens with zero attached hydrogens (tertiary/aromatic N) is 4. The molecule has 0 N–H and O–H groups in total. The Bertz CT molecular complexity index is 1580. The first-order valence-electron chi connectivity index (χ1n) is 13.2. The van der Waals surface area contributed by atoms with Crippen molar-refractivity contribution in [1.82, 2.24) is 5.01 Å². The molecule has 0 saturated heterocycles. The summed E-state index contributed by atoms with van der Waals surface area (Å²) in [4.78, 5) is 24.4. The zero-order valence-electron chi connectivity index (χ0n) is 22.7. The van der Waals surface area contributed by atoms with Crippen LogP contribution < -0.4 is 9.47 Å². The largest absolute Gasteiger partial charge is 0.497 e. The third-order valence-corrected chi connectivity index (χ3v) is 7.39. The van der Waals surface area contributed by atoms with Crippen molar-refractivity contribution in [3.05, 3.63) is 111 Å².